The van der Waals surface area contributed by atoms with Crippen LogP contribution in [0.2, 0.25) is 0 Å². The van der Waals surface area contributed by atoms with Gasteiger partial charge >= 0.3 is 0 Å². The Morgan fingerprint density at radius 2 is 1.73 bits per heavy atom. The molecule has 0 radical (unpaired) electrons. The summed E-state index contributed by atoms with van der Waals surface area (Å²) in [5.41, 5.74) is 0.646. The number of isocyanates is 1. The Morgan fingerprint density at radius 3 is 2.13 bits per heavy atom. The molecule has 0 spiro atoms. The first-order valence-electron chi connectivity index (χ1n) is 5.27. The largest absolute Gasteiger partial charge is 0.317 e. The van der Waals surface area contributed by atoms with Gasteiger partial charge in [-0.2, -0.15) is 4.99 Å². The van der Waals surface area contributed by atoms with E-state index in [1.165, 1.54) is 38.4 Å². The zero-order chi connectivity index (χ0) is 10.8. The molecule has 1 aliphatic rings. The summed E-state index contributed by atoms with van der Waals surface area (Å²) >= 11 is 0. The summed E-state index contributed by atoms with van der Waals surface area (Å²) in [6.45, 7) is 2.50. The lowest BCUT2D eigenvalue weighted by molar-refractivity contribution is 0.520. The van der Waals surface area contributed by atoms with E-state index in [4.69, 9.17) is 0 Å². The molecular weight excluding hydrogens is 188 g/mol. The summed E-state index contributed by atoms with van der Waals surface area (Å²) in [6.07, 6.45) is 5.67. The van der Waals surface area contributed by atoms with E-state index in [0.717, 1.165) is 0 Å². The number of rotatable bonds is 1. The predicted octanol–water partition coefficient (Wildman–Crippen LogP) is 2.41. The SMILES string of the molecule is C1CCNCC1.O=C=Nc1ccccc1. The molecule has 2 rings (SSSR count). The number of para-hydroxylation sites is 1. The summed E-state index contributed by atoms with van der Waals surface area (Å²) in [6, 6.07) is 8.98. The molecular formula is C12H16N2O. The number of carbonyl (C=O) groups excluding carboxylic acids is 1. The van der Waals surface area contributed by atoms with Crippen LogP contribution < -0.4 is 5.32 Å². The standard InChI is InChI=1S/C7H5NO.C5H11N/c9-6-8-7-4-2-1-3-5-7;1-2-4-6-5-3-1/h1-5H;6H,1-5H2. The monoisotopic (exact) mass is 204 g/mol. The molecule has 1 saturated heterocycles. The van der Waals surface area contributed by atoms with Gasteiger partial charge in [0.15, 0.2) is 0 Å². The van der Waals surface area contributed by atoms with Crippen molar-refractivity contribution in [3.8, 4) is 0 Å². The van der Waals surface area contributed by atoms with Gasteiger partial charge in [0.2, 0.25) is 6.08 Å². The Kier molecular flexibility index (Phi) is 6.14. The molecule has 0 unspecified atom stereocenters. The highest BCUT2D eigenvalue weighted by Crippen LogP contribution is 2.07. The van der Waals surface area contributed by atoms with Crippen molar-refractivity contribution in [2.24, 2.45) is 4.99 Å². The molecule has 0 amide bonds. The van der Waals surface area contributed by atoms with E-state index in [1.807, 2.05) is 18.2 Å². The summed E-state index contributed by atoms with van der Waals surface area (Å²) in [7, 11) is 0. The second-order valence-electron chi connectivity index (χ2n) is 3.35. The summed E-state index contributed by atoms with van der Waals surface area (Å²) in [5.74, 6) is 0. The van der Waals surface area contributed by atoms with Gasteiger partial charge in [-0.1, -0.05) is 24.6 Å². The Morgan fingerprint density at radius 1 is 1.07 bits per heavy atom. The lowest BCUT2D eigenvalue weighted by atomic mass is 10.2. The van der Waals surface area contributed by atoms with Gasteiger partial charge in [0.05, 0.1) is 5.69 Å². The van der Waals surface area contributed by atoms with Crippen molar-refractivity contribution in [2.45, 2.75) is 19.3 Å². The maximum absolute atomic E-state index is 9.68. The average Bonchev–Trinajstić information content (AvgIpc) is 2.34. The molecule has 1 aliphatic heterocycles. The van der Waals surface area contributed by atoms with Crippen molar-refractivity contribution in [1.29, 1.82) is 0 Å². The van der Waals surface area contributed by atoms with Crippen LogP contribution in [-0.2, 0) is 4.79 Å². The van der Waals surface area contributed by atoms with Gasteiger partial charge < -0.3 is 5.32 Å². The number of hydrogen-bond donors (Lipinski definition) is 1. The Hall–Kier alpha value is -1.44. The van der Waals surface area contributed by atoms with Crippen LogP contribution in [0.3, 0.4) is 0 Å². The summed E-state index contributed by atoms with van der Waals surface area (Å²) in [5, 5.41) is 3.28. The van der Waals surface area contributed by atoms with Crippen LogP contribution in [0.4, 0.5) is 5.69 Å². The number of benzene rings is 1. The molecule has 1 N–H and O–H groups in total. The van der Waals surface area contributed by atoms with Gasteiger partial charge in [0.1, 0.15) is 0 Å². The molecule has 3 nitrogen and oxygen atoms in total. The first-order chi connectivity index (χ1) is 7.43. The van der Waals surface area contributed by atoms with E-state index in [0.29, 0.717) is 5.69 Å². The molecule has 0 atom stereocenters. The Labute approximate surface area is 90.2 Å². The van der Waals surface area contributed by atoms with Crippen molar-refractivity contribution < 1.29 is 4.79 Å². The molecule has 1 heterocycles. The topological polar surface area (TPSA) is 41.5 Å². The molecule has 0 aromatic heterocycles. The second kappa shape index (κ2) is 7.92. The predicted molar refractivity (Wildman–Crippen MR) is 60.9 cm³/mol. The van der Waals surface area contributed by atoms with Crippen molar-refractivity contribution >= 4 is 11.8 Å². The van der Waals surface area contributed by atoms with E-state index < -0.39 is 0 Å². The molecule has 1 aromatic rings. The zero-order valence-corrected chi connectivity index (χ0v) is 8.78. The average molecular weight is 204 g/mol. The van der Waals surface area contributed by atoms with Gasteiger partial charge in [-0.3, -0.25) is 0 Å². The molecule has 1 aromatic carbocycles. The number of piperidine rings is 1. The number of hydrogen-bond acceptors (Lipinski definition) is 3. The smallest absolute Gasteiger partial charge is 0.240 e. The molecule has 0 saturated carbocycles. The van der Waals surface area contributed by atoms with Crippen LogP contribution in [-0.4, -0.2) is 19.2 Å². The van der Waals surface area contributed by atoms with E-state index >= 15 is 0 Å². The molecule has 80 valence electrons. The van der Waals surface area contributed by atoms with Gasteiger partial charge in [-0.15, -0.1) is 0 Å². The van der Waals surface area contributed by atoms with Crippen molar-refractivity contribution in [3.05, 3.63) is 30.3 Å². The lowest BCUT2D eigenvalue weighted by Crippen LogP contribution is -2.21. The molecule has 0 aliphatic carbocycles. The minimum absolute atomic E-state index is 0.646. The fourth-order valence-corrected chi connectivity index (χ4v) is 1.36. The first-order valence-corrected chi connectivity index (χ1v) is 5.27. The van der Waals surface area contributed by atoms with E-state index in [-0.39, 0.29) is 0 Å². The third kappa shape index (κ3) is 5.78. The maximum Gasteiger partial charge on any atom is 0.240 e. The van der Waals surface area contributed by atoms with Crippen LogP contribution in [0.1, 0.15) is 19.3 Å². The third-order valence-electron chi connectivity index (χ3n) is 2.14. The van der Waals surface area contributed by atoms with Gasteiger partial charge in [0, 0.05) is 0 Å². The highest BCUT2D eigenvalue weighted by Gasteiger charge is 1.93. The Bertz CT molecular complexity index is 289. The molecule has 1 fully saturated rings. The minimum atomic E-state index is 0.646. The maximum atomic E-state index is 9.68. The van der Waals surface area contributed by atoms with Crippen LogP contribution in [0.15, 0.2) is 35.3 Å². The fraction of sp³-hybridized carbons (Fsp3) is 0.417. The van der Waals surface area contributed by atoms with Gasteiger partial charge in [-0.05, 0) is 38.1 Å². The van der Waals surface area contributed by atoms with Crippen LogP contribution in [0, 0.1) is 0 Å². The summed E-state index contributed by atoms with van der Waals surface area (Å²) < 4.78 is 0. The van der Waals surface area contributed by atoms with Crippen molar-refractivity contribution in [1.82, 2.24) is 5.32 Å². The fourth-order valence-electron chi connectivity index (χ4n) is 1.36. The number of aliphatic imine (C=N–C) groups is 1. The lowest BCUT2D eigenvalue weighted by Gasteiger charge is -2.08. The van der Waals surface area contributed by atoms with E-state index in [1.54, 1.807) is 12.1 Å². The van der Waals surface area contributed by atoms with E-state index in [9.17, 15) is 4.79 Å². The van der Waals surface area contributed by atoms with Crippen LogP contribution in [0.5, 0.6) is 0 Å². The van der Waals surface area contributed by atoms with E-state index in [2.05, 4.69) is 10.3 Å². The highest BCUT2D eigenvalue weighted by atomic mass is 16.1. The normalized spacial score (nSPS) is 14.4. The van der Waals surface area contributed by atoms with Crippen LogP contribution in [0.25, 0.3) is 0 Å². The van der Waals surface area contributed by atoms with Crippen LogP contribution >= 0.6 is 0 Å². The zero-order valence-electron chi connectivity index (χ0n) is 8.78. The molecule has 3 heteroatoms. The highest BCUT2D eigenvalue weighted by molar-refractivity contribution is 5.47. The Balaban J connectivity index is 0.000000162. The second-order valence-corrected chi connectivity index (χ2v) is 3.35. The molecule has 15 heavy (non-hydrogen) atoms. The minimum Gasteiger partial charge on any atom is -0.317 e. The number of nitrogens with one attached hydrogen (secondary N) is 1. The quantitative estimate of drug-likeness (QED) is 0.563. The third-order valence-corrected chi connectivity index (χ3v) is 2.14. The number of nitrogens with zero attached hydrogens (tertiary/aromatic N) is 1. The van der Waals surface area contributed by atoms with Crippen molar-refractivity contribution in [2.75, 3.05) is 13.1 Å². The van der Waals surface area contributed by atoms with Gasteiger partial charge in [0.25, 0.3) is 0 Å². The first kappa shape index (κ1) is 11.6. The summed E-state index contributed by atoms with van der Waals surface area (Å²) in [4.78, 5) is 13.1. The van der Waals surface area contributed by atoms with Gasteiger partial charge in [-0.25, -0.2) is 4.79 Å². The van der Waals surface area contributed by atoms with Crippen molar-refractivity contribution in [3.63, 3.8) is 0 Å². The molecule has 0 bridgehead atoms.